The predicted octanol–water partition coefficient (Wildman–Crippen LogP) is 5.44. The van der Waals surface area contributed by atoms with Gasteiger partial charge in [-0.2, -0.15) is 0 Å². The van der Waals surface area contributed by atoms with Crippen LogP contribution in [0.1, 0.15) is 11.3 Å². The van der Waals surface area contributed by atoms with Gasteiger partial charge in [-0.15, -0.1) is 10.2 Å². The number of hydrogen-bond acceptors (Lipinski definition) is 4. The molecule has 0 aliphatic carbocycles. The second-order valence-corrected chi connectivity index (χ2v) is 6.01. The van der Waals surface area contributed by atoms with Crippen LogP contribution in [0.2, 0.25) is 0 Å². The van der Waals surface area contributed by atoms with Crippen molar-refractivity contribution in [3.05, 3.63) is 84.2 Å². The standard InChI is InChI=1S/C21H17N5O/c1-14-8-7-11-16-18(14)24-21(27)19(16)25-26-20(17-12-5-6-13-22-17)23-15-9-3-2-4-10-15/h2-13,24,27H,1H3. The van der Waals surface area contributed by atoms with Crippen LogP contribution in [0.4, 0.5) is 11.4 Å². The van der Waals surface area contributed by atoms with Gasteiger partial charge in [-0.05, 0) is 36.8 Å². The molecule has 0 aliphatic rings. The summed E-state index contributed by atoms with van der Waals surface area (Å²) in [5, 5.41) is 19.7. The number of aryl methyl sites for hydroxylation is 1. The van der Waals surface area contributed by atoms with Crippen molar-refractivity contribution in [3.8, 4) is 5.88 Å². The first-order valence-electron chi connectivity index (χ1n) is 8.49. The largest absolute Gasteiger partial charge is 0.493 e. The van der Waals surface area contributed by atoms with E-state index in [0.717, 1.165) is 22.2 Å². The Morgan fingerprint density at radius 2 is 1.78 bits per heavy atom. The van der Waals surface area contributed by atoms with Crippen molar-refractivity contribution >= 4 is 28.1 Å². The first kappa shape index (κ1) is 16.7. The topological polar surface area (TPSA) is 86.0 Å². The molecule has 0 amide bonds. The van der Waals surface area contributed by atoms with Gasteiger partial charge in [0.1, 0.15) is 5.69 Å². The molecule has 6 nitrogen and oxygen atoms in total. The minimum atomic E-state index is -0.0249. The smallest absolute Gasteiger partial charge is 0.218 e. The maximum absolute atomic E-state index is 10.3. The summed E-state index contributed by atoms with van der Waals surface area (Å²) in [7, 11) is 0. The molecule has 2 aromatic heterocycles. The first-order chi connectivity index (χ1) is 13.2. The van der Waals surface area contributed by atoms with Crippen LogP contribution in [0, 0.1) is 6.92 Å². The van der Waals surface area contributed by atoms with Crippen molar-refractivity contribution < 1.29 is 5.11 Å². The number of nitrogens with one attached hydrogen (secondary N) is 1. The summed E-state index contributed by atoms with van der Waals surface area (Å²) >= 11 is 0. The van der Waals surface area contributed by atoms with Gasteiger partial charge in [0.2, 0.25) is 11.7 Å². The highest BCUT2D eigenvalue weighted by Gasteiger charge is 2.12. The molecule has 2 N–H and O–H groups in total. The average Bonchev–Trinajstić information content (AvgIpc) is 3.03. The average molecular weight is 355 g/mol. The van der Waals surface area contributed by atoms with Crippen LogP contribution < -0.4 is 0 Å². The molecule has 27 heavy (non-hydrogen) atoms. The van der Waals surface area contributed by atoms with E-state index in [0.29, 0.717) is 17.2 Å². The molecule has 0 fully saturated rings. The second-order valence-electron chi connectivity index (χ2n) is 6.01. The van der Waals surface area contributed by atoms with Gasteiger partial charge in [-0.3, -0.25) is 4.98 Å². The van der Waals surface area contributed by atoms with Crippen molar-refractivity contribution in [2.45, 2.75) is 6.92 Å². The zero-order valence-electron chi connectivity index (χ0n) is 14.7. The van der Waals surface area contributed by atoms with Gasteiger partial charge in [-0.1, -0.05) is 42.5 Å². The van der Waals surface area contributed by atoms with Crippen molar-refractivity contribution in [1.29, 1.82) is 0 Å². The summed E-state index contributed by atoms with van der Waals surface area (Å²) in [6, 6.07) is 20.8. The molecular weight excluding hydrogens is 338 g/mol. The Bertz CT molecular complexity index is 1130. The number of aromatic nitrogens is 2. The molecule has 0 atom stereocenters. The summed E-state index contributed by atoms with van der Waals surface area (Å²) < 4.78 is 0. The molecule has 0 saturated heterocycles. The summed E-state index contributed by atoms with van der Waals surface area (Å²) in [5.41, 5.74) is 3.58. The lowest BCUT2D eigenvalue weighted by atomic mass is 10.1. The number of amidine groups is 1. The van der Waals surface area contributed by atoms with Gasteiger partial charge < -0.3 is 10.1 Å². The summed E-state index contributed by atoms with van der Waals surface area (Å²) in [6.45, 7) is 1.97. The lowest BCUT2D eigenvalue weighted by Gasteiger charge is -2.00. The third-order valence-electron chi connectivity index (χ3n) is 4.13. The fraction of sp³-hybridized carbons (Fsp3) is 0.0476. The number of nitrogens with zero attached hydrogens (tertiary/aromatic N) is 4. The number of hydrogen-bond donors (Lipinski definition) is 2. The number of aromatic amines is 1. The molecule has 0 spiro atoms. The van der Waals surface area contributed by atoms with Crippen LogP contribution in [0.3, 0.4) is 0 Å². The number of rotatable bonds is 3. The Balaban J connectivity index is 1.80. The van der Waals surface area contributed by atoms with Crippen molar-refractivity contribution in [2.75, 3.05) is 0 Å². The number of azo groups is 1. The lowest BCUT2D eigenvalue weighted by Crippen LogP contribution is -1.98. The Morgan fingerprint density at radius 3 is 2.56 bits per heavy atom. The number of H-pyrrole nitrogens is 1. The Hall–Kier alpha value is -3.80. The van der Waals surface area contributed by atoms with E-state index in [2.05, 4.69) is 25.2 Å². The third kappa shape index (κ3) is 3.46. The molecule has 132 valence electrons. The number of aliphatic imine (C=N–C) groups is 1. The SMILES string of the molecule is Cc1cccc2c(N=NC(=Nc3ccccc3)c3ccccn3)c(O)[nH]c12. The monoisotopic (exact) mass is 355 g/mol. The molecule has 2 aromatic carbocycles. The predicted molar refractivity (Wildman–Crippen MR) is 106 cm³/mol. The number of aromatic hydroxyl groups is 1. The quantitative estimate of drug-likeness (QED) is 0.291. The van der Waals surface area contributed by atoms with E-state index in [-0.39, 0.29) is 5.88 Å². The Morgan fingerprint density at radius 1 is 0.963 bits per heavy atom. The number of fused-ring (bicyclic) bond motifs is 1. The highest BCUT2D eigenvalue weighted by atomic mass is 16.3. The number of para-hydroxylation sites is 2. The molecule has 0 unspecified atom stereocenters. The van der Waals surface area contributed by atoms with Crippen LogP contribution in [0.25, 0.3) is 10.9 Å². The zero-order chi connectivity index (χ0) is 18.6. The van der Waals surface area contributed by atoms with Crippen LogP contribution in [-0.4, -0.2) is 20.9 Å². The minimum Gasteiger partial charge on any atom is -0.493 e. The Labute approximate surface area is 156 Å². The van der Waals surface area contributed by atoms with Gasteiger partial charge in [0.25, 0.3) is 0 Å². The fourth-order valence-electron chi connectivity index (χ4n) is 2.79. The summed E-state index contributed by atoms with van der Waals surface area (Å²) in [6.07, 6.45) is 1.68. The molecule has 6 heteroatoms. The van der Waals surface area contributed by atoms with Crippen LogP contribution in [-0.2, 0) is 0 Å². The summed E-state index contributed by atoms with van der Waals surface area (Å²) in [4.78, 5) is 11.8. The number of pyridine rings is 1. The molecule has 0 saturated carbocycles. The lowest BCUT2D eigenvalue weighted by molar-refractivity contribution is 0.459. The maximum atomic E-state index is 10.3. The van der Waals surface area contributed by atoms with E-state index < -0.39 is 0 Å². The maximum Gasteiger partial charge on any atom is 0.218 e. The Kier molecular flexibility index (Phi) is 4.45. The van der Waals surface area contributed by atoms with Gasteiger partial charge >= 0.3 is 0 Å². The summed E-state index contributed by atoms with van der Waals surface area (Å²) in [5.74, 6) is 0.339. The first-order valence-corrected chi connectivity index (χ1v) is 8.49. The van der Waals surface area contributed by atoms with E-state index >= 15 is 0 Å². The molecular formula is C21H17N5O. The van der Waals surface area contributed by atoms with Gasteiger partial charge in [0.05, 0.1) is 11.2 Å². The van der Waals surface area contributed by atoms with Crippen molar-refractivity contribution in [3.63, 3.8) is 0 Å². The fourth-order valence-corrected chi connectivity index (χ4v) is 2.79. The van der Waals surface area contributed by atoms with E-state index in [4.69, 9.17) is 0 Å². The number of benzene rings is 2. The van der Waals surface area contributed by atoms with E-state index in [1.807, 2.05) is 73.7 Å². The zero-order valence-corrected chi connectivity index (χ0v) is 14.7. The van der Waals surface area contributed by atoms with Crippen LogP contribution in [0.15, 0.2) is 88.1 Å². The van der Waals surface area contributed by atoms with Gasteiger partial charge in [0.15, 0.2) is 5.69 Å². The highest BCUT2D eigenvalue weighted by Crippen LogP contribution is 2.36. The van der Waals surface area contributed by atoms with E-state index in [1.165, 1.54) is 0 Å². The minimum absolute atomic E-state index is 0.0249. The molecule has 0 aliphatic heterocycles. The van der Waals surface area contributed by atoms with Crippen molar-refractivity contribution in [1.82, 2.24) is 9.97 Å². The molecule has 2 heterocycles. The van der Waals surface area contributed by atoms with E-state index in [9.17, 15) is 5.11 Å². The van der Waals surface area contributed by atoms with Gasteiger partial charge in [-0.25, -0.2) is 4.99 Å². The van der Waals surface area contributed by atoms with Crippen LogP contribution >= 0.6 is 0 Å². The van der Waals surface area contributed by atoms with Gasteiger partial charge in [0, 0.05) is 11.6 Å². The molecule has 0 radical (unpaired) electrons. The highest BCUT2D eigenvalue weighted by molar-refractivity contribution is 6.00. The molecule has 0 bridgehead atoms. The second kappa shape index (κ2) is 7.21. The normalized spacial score (nSPS) is 12.1. The van der Waals surface area contributed by atoms with E-state index in [1.54, 1.807) is 6.20 Å². The third-order valence-corrected chi connectivity index (χ3v) is 4.13. The molecule has 4 rings (SSSR count). The van der Waals surface area contributed by atoms with Crippen LogP contribution in [0.5, 0.6) is 5.88 Å². The molecule has 4 aromatic rings. The van der Waals surface area contributed by atoms with Crippen molar-refractivity contribution in [2.24, 2.45) is 15.2 Å².